The van der Waals surface area contributed by atoms with Gasteiger partial charge in [-0.3, -0.25) is 0 Å². The Labute approximate surface area is 119 Å². The summed E-state index contributed by atoms with van der Waals surface area (Å²) in [5.41, 5.74) is 1.91. The number of methoxy groups -OCH3 is 1. The van der Waals surface area contributed by atoms with Gasteiger partial charge in [-0.15, -0.1) is 0 Å². The molecule has 0 aromatic heterocycles. The van der Waals surface area contributed by atoms with Crippen LogP contribution in [0.5, 0.6) is 5.75 Å². The number of halogens is 1. The molecule has 1 aliphatic rings. The van der Waals surface area contributed by atoms with Gasteiger partial charge in [0.2, 0.25) is 0 Å². The molecule has 2 atom stereocenters. The van der Waals surface area contributed by atoms with Crippen molar-refractivity contribution in [2.75, 3.05) is 19.4 Å². The first-order valence-electron chi connectivity index (χ1n) is 6.84. The zero-order valence-electron chi connectivity index (χ0n) is 11.8. The third kappa shape index (κ3) is 3.23. The van der Waals surface area contributed by atoms with Crippen LogP contribution in [0.3, 0.4) is 0 Å². The van der Waals surface area contributed by atoms with E-state index in [1.54, 1.807) is 7.11 Å². The van der Waals surface area contributed by atoms with Crippen molar-refractivity contribution in [3.8, 4) is 5.75 Å². The number of hydrogen-bond donors (Lipinski definition) is 1. The smallest absolute Gasteiger partial charge is 0.131 e. The fraction of sp³-hybridized carbons (Fsp3) is 0.600. The van der Waals surface area contributed by atoms with E-state index >= 15 is 0 Å². The van der Waals surface area contributed by atoms with Crippen molar-refractivity contribution in [3.05, 3.63) is 29.1 Å². The van der Waals surface area contributed by atoms with Gasteiger partial charge in [-0.2, -0.15) is 11.8 Å². The number of nitrogens with one attached hydrogen (secondary N) is 1. The van der Waals surface area contributed by atoms with Gasteiger partial charge >= 0.3 is 0 Å². The summed E-state index contributed by atoms with van der Waals surface area (Å²) in [6, 6.07) is 3.70. The highest BCUT2D eigenvalue weighted by Crippen LogP contribution is 2.37. The summed E-state index contributed by atoms with van der Waals surface area (Å²) in [7, 11) is 1.59. The van der Waals surface area contributed by atoms with Crippen LogP contribution in [-0.4, -0.2) is 19.4 Å². The maximum Gasteiger partial charge on any atom is 0.131 e. The van der Waals surface area contributed by atoms with Gasteiger partial charge in [0.25, 0.3) is 0 Å². The predicted molar refractivity (Wildman–Crippen MR) is 79.3 cm³/mol. The molecule has 2 nitrogen and oxygen atoms in total. The third-order valence-electron chi connectivity index (χ3n) is 3.58. The first-order valence-corrected chi connectivity index (χ1v) is 8.00. The lowest BCUT2D eigenvalue weighted by atomic mass is 9.92. The second-order valence-corrected chi connectivity index (χ2v) is 6.13. The Balaban J connectivity index is 2.41. The maximum atomic E-state index is 14.2. The zero-order chi connectivity index (χ0) is 13.8. The van der Waals surface area contributed by atoms with E-state index in [0.717, 1.165) is 35.6 Å². The molecule has 19 heavy (non-hydrogen) atoms. The summed E-state index contributed by atoms with van der Waals surface area (Å²) in [6.45, 7) is 5.33. The molecule has 2 rings (SSSR count). The molecule has 106 valence electrons. The van der Waals surface area contributed by atoms with E-state index in [2.05, 4.69) is 19.2 Å². The lowest BCUT2D eigenvalue weighted by Gasteiger charge is -2.25. The number of thioether (sulfide) groups is 1. The molecule has 0 aliphatic carbocycles. The molecule has 1 heterocycles. The van der Waals surface area contributed by atoms with Crippen LogP contribution in [0, 0.1) is 11.7 Å². The van der Waals surface area contributed by atoms with Crippen molar-refractivity contribution in [2.24, 2.45) is 5.92 Å². The monoisotopic (exact) mass is 283 g/mol. The van der Waals surface area contributed by atoms with Crippen LogP contribution in [0.25, 0.3) is 0 Å². The normalized spacial score (nSPS) is 22.7. The quantitative estimate of drug-likeness (QED) is 0.909. The predicted octanol–water partition coefficient (Wildman–Crippen LogP) is 3.76. The maximum absolute atomic E-state index is 14.2. The van der Waals surface area contributed by atoms with Crippen LogP contribution in [0.15, 0.2) is 12.1 Å². The summed E-state index contributed by atoms with van der Waals surface area (Å²) in [4.78, 5) is 0. The number of rotatable bonds is 4. The van der Waals surface area contributed by atoms with Gasteiger partial charge in [-0.25, -0.2) is 4.39 Å². The second-order valence-electron chi connectivity index (χ2n) is 5.10. The minimum absolute atomic E-state index is 0.140. The van der Waals surface area contributed by atoms with Crippen molar-refractivity contribution in [1.29, 1.82) is 0 Å². The summed E-state index contributed by atoms with van der Waals surface area (Å²) in [6.07, 6.45) is 1.08. The molecular weight excluding hydrogens is 261 g/mol. The number of benzene rings is 1. The molecule has 4 heteroatoms. The Morgan fingerprint density at radius 2 is 2.26 bits per heavy atom. The highest BCUT2D eigenvalue weighted by molar-refractivity contribution is 7.98. The number of hydrogen-bond acceptors (Lipinski definition) is 3. The first-order chi connectivity index (χ1) is 9.17. The molecule has 0 fully saturated rings. The standard InChI is InChI=1S/C15H22FNOS/c1-4-5-17-15-10(2)8-19-9-13-12(15)6-11(18-3)7-14(13)16/h6-7,10,15,17H,4-5,8-9H2,1-3H3. The van der Waals surface area contributed by atoms with E-state index in [9.17, 15) is 4.39 Å². The fourth-order valence-electron chi connectivity index (χ4n) is 2.54. The molecule has 0 saturated carbocycles. The van der Waals surface area contributed by atoms with E-state index in [4.69, 9.17) is 4.74 Å². The molecule has 0 bridgehead atoms. The highest BCUT2D eigenvalue weighted by Gasteiger charge is 2.27. The Morgan fingerprint density at radius 1 is 1.47 bits per heavy atom. The molecule has 2 unspecified atom stereocenters. The highest BCUT2D eigenvalue weighted by atomic mass is 32.2. The third-order valence-corrected chi connectivity index (χ3v) is 4.84. The van der Waals surface area contributed by atoms with Crippen molar-refractivity contribution < 1.29 is 9.13 Å². The van der Waals surface area contributed by atoms with Crippen molar-refractivity contribution >= 4 is 11.8 Å². The average molecular weight is 283 g/mol. The lowest BCUT2D eigenvalue weighted by Crippen LogP contribution is -2.28. The fourth-order valence-corrected chi connectivity index (χ4v) is 3.73. The van der Waals surface area contributed by atoms with Gasteiger partial charge in [0.05, 0.1) is 7.11 Å². The van der Waals surface area contributed by atoms with E-state index in [-0.39, 0.29) is 11.9 Å². The molecule has 1 aromatic carbocycles. The van der Waals surface area contributed by atoms with Gasteiger partial charge in [0, 0.05) is 23.4 Å². The summed E-state index contributed by atoms with van der Waals surface area (Å²) < 4.78 is 19.4. The second kappa shape index (κ2) is 6.62. The van der Waals surface area contributed by atoms with Gasteiger partial charge in [-0.05, 0) is 36.3 Å². The van der Waals surface area contributed by atoms with Crippen LogP contribution < -0.4 is 10.1 Å². The first kappa shape index (κ1) is 14.7. The van der Waals surface area contributed by atoms with Crippen LogP contribution in [0.4, 0.5) is 4.39 Å². The molecule has 1 N–H and O–H groups in total. The zero-order valence-corrected chi connectivity index (χ0v) is 12.6. The Hall–Kier alpha value is -0.740. The van der Waals surface area contributed by atoms with E-state index in [1.807, 2.05) is 17.8 Å². The molecule has 1 aliphatic heterocycles. The lowest BCUT2D eigenvalue weighted by molar-refractivity contribution is 0.397. The van der Waals surface area contributed by atoms with Crippen molar-refractivity contribution in [1.82, 2.24) is 5.32 Å². The minimum atomic E-state index is -0.140. The van der Waals surface area contributed by atoms with Crippen LogP contribution >= 0.6 is 11.8 Å². The topological polar surface area (TPSA) is 21.3 Å². The number of ether oxygens (including phenoxy) is 1. The SMILES string of the molecule is CCCNC1c2cc(OC)cc(F)c2CSCC1C. The van der Waals surface area contributed by atoms with E-state index in [1.165, 1.54) is 6.07 Å². The van der Waals surface area contributed by atoms with Gasteiger partial charge in [0.1, 0.15) is 11.6 Å². The Kier molecular flexibility index (Phi) is 5.11. The Morgan fingerprint density at radius 3 is 2.95 bits per heavy atom. The van der Waals surface area contributed by atoms with E-state index in [0.29, 0.717) is 11.7 Å². The van der Waals surface area contributed by atoms with Gasteiger partial charge < -0.3 is 10.1 Å². The summed E-state index contributed by atoms with van der Waals surface area (Å²) in [5.74, 6) is 2.76. The average Bonchev–Trinajstić information content (AvgIpc) is 2.56. The Bertz CT molecular complexity index is 438. The number of fused-ring (bicyclic) bond motifs is 1. The minimum Gasteiger partial charge on any atom is -0.497 e. The molecule has 0 amide bonds. The van der Waals surface area contributed by atoms with Crippen LogP contribution in [0.1, 0.15) is 37.4 Å². The largest absolute Gasteiger partial charge is 0.497 e. The van der Waals surface area contributed by atoms with Gasteiger partial charge in [0.15, 0.2) is 0 Å². The molecule has 0 saturated heterocycles. The van der Waals surface area contributed by atoms with Crippen LogP contribution in [0.2, 0.25) is 0 Å². The molecule has 0 radical (unpaired) electrons. The van der Waals surface area contributed by atoms with E-state index < -0.39 is 0 Å². The van der Waals surface area contributed by atoms with Crippen LogP contribution in [-0.2, 0) is 5.75 Å². The van der Waals surface area contributed by atoms with Gasteiger partial charge in [-0.1, -0.05) is 13.8 Å². The molecular formula is C15H22FNOS. The molecule has 0 spiro atoms. The summed E-state index contributed by atoms with van der Waals surface area (Å²) >= 11 is 1.81. The molecule has 1 aromatic rings. The van der Waals surface area contributed by atoms with Crippen molar-refractivity contribution in [3.63, 3.8) is 0 Å². The summed E-state index contributed by atoms with van der Waals surface area (Å²) in [5, 5.41) is 3.56. The van der Waals surface area contributed by atoms with Crippen molar-refractivity contribution in [2.45, 2.75) is 32.1 Å².